The van der Waals surface area contributed by atoms with Crippen molar-refractivity contribution in [1.29, 1.82) is 0 Å². The molecule has 4 nitrogen and oxygen atoms in total. The van der Waals surface area contributed by atoms with Gasteiger partial charge >= 0.3 is 0 Å². The molecule has 4 heteroatoms. The van der Waals surface area contributed by atoms with Crippen LogP contribution in [0.5, 0.6) is 17.2 Å². The minimum absolute atomic E-state index is 0. The Balaban J connectivity index is 0.000000409. The van der Waals surface area contributed by atoms with Gasteiger partial charge in [-0.3, -0.25) is 0 Å². The zero-order valence-corrected chi connectivity index (χ0v) is 13.5. The second kappa shape index (κ2) is 11.0. The summed E-state index contributed by atoms with van der Waals surface area (Å²) in [6.45, 7) is 3.75. The van der Waals surface area contributed by atoms with Crippen LogP contribution in [0.1, 0.15) is 13.0 Å². The Labute approximate surface area is 139 Å². The van der Waals surface area contributed by atoms with E-state index in [-0.39, 0.29) is 7.43 Å². The molecule has 0 radical (unpaired) electrons. The van der Waals surface area contributed by atoms with Gasteiger partial charge in [-0.05, 0) is 24.3 Å². The number of benzene rings is 2. The topological polar surface area (TPSA) is 36.9 Å². The minimum Gasteiger partial charge on any atom is -0.497 e. The third-order valence-electron chi connectivity index (χ3n) is 2.94. The van der Waals surface area contributed by atoms with Crippen molar-refractivity contribution in [1.82, 2.24) is 0 Å². The molecule has 0 bridgehead atoms. The van der Waals surface area contributed by atoms with Crippen LogP contribution in [-0.4, -0.2) is 28.4 Å². The first-order valence-corrected chi connectivity index (χ1v) is 6.71. The first kappa shape index (κ1) is 20.4. The third kappa shape index (κ3) is 5.94. The molecule has 0 amide bonds. The molecule has 126 valence electrons. The van der Waals surface area contributed by atoms with Gasteiger partial charge in [-0.15, -0.1) is 0 Å². The lowest BCUT2D eigenvalue weighted by atomic mass is 10.2. The zero-order valence-electron chi connectivity index (χ0n) is 13.5. The second-order valence-corrected chi connectivity index (χ2v) is 4.18. The highest BCUT2D eigenvalue weighted by molar-refractivity contribution is 5.63. The average molecular weight is 318 g/mol. The highest BCUT2D eigenvalue weighted by Crippen LogP contribution is 2.25. The molecule has 2 aromatic rings. The fourth-order valence-electron chi connectivity index (χ4n) is 1.77. The number of rotatable bonds is 5. The molecule has 0 saturated heterocycles. The largest absolute Gasteiger partial charge is 0.497 e. The predicted octanol–water partition coefficient (Wildman–Crippen LogP) is 4.65. The maximum Gasteiger partial charge on any atom is 0.160 e. The van der Waals surface area contributed by atoms with E-state index >= 15 is 0 Å². The smallest absolute Gasteiger partial charge is 0.160 e. The highest BCUT2D eigenvalue weighted by atomic mass is 16.5. The van der Waals surface area contributed by atoms with E-state index in [9.17, 15) is 0 Å². The van der Waals surface area contributed by atoms with Crippen molar-refractivity contribution in [3.05, 3.63) is 60.7 Å². The predicted molar refractivity (Wildman–Crippen MR) is 95.3 cm³/mol. The van der Waals surface area contributed by atoms with Crippen LogP contribution < -0.4 is 14.2 Å². The van der Waals surface area contributed by atoms with Crippen molar-refractivity contribution >= 4 is 5.76 Å². The Morgan fingerprint density at radius 1 is 0.696 bits per heavy atom. The summed E-state index contributed by atoms with van der Waals surface area (Å²) < 4.78 is 20.2. The lowest BCUT2D eigenvalue weighted by Gasteiger charge is -2.08. The Kier molecular flexibility index (Phi) is 9.76. The number of methoxy groups -OCH3 is 4. The molecule has 0 fully saturated rings. The van der Waals surface area contributed by atoms with Crippen LogP contribution in [0.25, 0.3) is 5.76 Å². The number of hydrogen-bond acceptors (Lipinski definition) is 4. The van der Waals surface area contributed by atoms with E-state index in [1.807, 2.05) is 48.5 Å². The maximum atomic E-state index is 5.13. The summed E-state index contributed by atoms with van der Waals surface area (Å²) in [6.07, 6.45) is 0. The van der Waals surface area contributed by atoms with E-state index in [1.54, 1.807) is 28.4 Å². The summed E-state index contributed by atoms with van der Waals surface area (Å²) in [4.78, 5) is 0. The van der Waals surface area contributed by atoms with E-state index < -0.39 is 0 Å². The summed E-state index contributed by atoms with van der Waals surface area (Å²) in [7, 11) is 6.46. The molecular formula is C19H26O4. The van der Waals surface area contributed by atoms with Crippen molar-refractivity contribution in [2.75, 3.05) is 28.4 Å². The molecule has 0 unspecified atom stereocenters. The van der Waals surface area contributed by atoms with Gasteiger partial charge in [0, 0.05) is 0 Å². The van der Waals surface area contributed by atoms with Crippen LogP contribution in [0.3, 0.4) is 0 Å². The van der Waals surface area contributed by atoms with Gasteiger partial charge in [0.1, 0.15) is 11.5 Å². The fourth-order valence-corrected chi connectivity index (χ4v) is 1.77. The van der Waals surface area contributed by atoms with Gasteiger partial charge < -0.3 is 18.9 Å². The lowest BCUT2D eigenvalue weighted by molar-refractivity contribution is 0.355. The molecule has 0 N–H and O–H groups in total. The third-order valence-corrected chi connectivity index (χ3v) is 2.94. The van der Waals surface area contributed by atoms with Crippen LogP contribution in [0, 0.1) is 0 Å². The first-order valence-electron chi connectivity index (χ1n) is 6.71. The molecule has 2 rings (SSSR count). The summed E-state index contributed by atoms with van der Waals surface area (Å²) in [5, 5.41) is 0. The molecule has 23 heavy (non-hydrogen) atoms. The van der Waals surface area contributed by atoms with Gasteiger partial charge in [-0.1, -0.05) is 38.3 Å². The van der Waals surface area contributed by atoms with Gasteiger partial charge in [0.25, 0.3) is 0 Å². The van der Waals surface area contributed by atoms with Gasteiger partial charge in [0.05, 0.1) is 34.0 Å². The highest BCUT2D eigenvalue weighted by Gasteiger charge is 2.04. The fraction of sp³-hybridized carbons (Fsp3) is 0.263. The van der Waals surface area contributed by atoms with Gasteiger partial charge in [-0.25, -0.2) is 0 Å². The van der Waals surface area contributed by atoms with Crippen molar-refractivity contribution in [2.24, 2.45) is 0 Å². The van der Waals surface area contributed by atoms with Crippen molar-refractivity contribution < 1.29 is 18.9 Å². The maximum absolute atomic E-state index is 5.13. The Morgan fingerprint density at radius 3 is 1.48 bits per heavy atom. The van der Waals surface area contributed by atoms with Gasteiger partial charge in [0.15, 0.2) is 11.5 Å². The van der Waals surface area contributed by atoms with Crippen molar-refractivity contribution in [2.45, 2.75) is 7.43 Å². The quantitative estimate of drug-likeness (QED) is 0.752. The van der Waals surface area contributed by atoms with Crippen LogP contribution in [0.15, 0.2) is 55.1 Å². The molecule has 0 aliphatic carbocycles. The molecule has 0 spiro atoms. The van der Waals surface area contributed by atoms with Crippen LogP contribution in [-0.2, 0) is 4.74 Å². The molecule has 0 aromatic heterocycles. The summed E-state index contributed by atoms with van der Waals surface area (Å²) in [6, 6.07) is 15.1. The molecule has 0 heterocycles. The van der Waals surface area contributed by atoms with E-state index in [4.69, 9.17) is 18.9 Å². The average Bonchev–Trinajstić information content (AvgIpc) is 2.61. The second-order valence-electron chi connectivity index (χ2n) is 4.18. The molecule has 0 aliphatic heterocycles. The Bertz CT molecular complexity index is 570. The van der Waals surface area contributed by atoms with Crippen LogP contribution in [0.4, 0.5) is 0 Å². The zero-order chi connectivity index (χ0) is 16.4. The Hall–Kier alpha value is -2.62. The van der Waals surface area contributed by atoms with Crippen LogP contribution in [0.2, 0.25) is 0 Å². The van der Waals surface area contributed by atoms with E-state index in [0.717, 1.165) is 22.8 Å². The molecule has 2 aromatic carbocycles. The summed E-state index contributed by atoms with van der Waals surface area (Å²) in [5.41, 5.74) is 0.891. The van der Waals surface area contributed by atoms with Gasteiger partial charge in [-0.2, -0.15) is 0 Å². The SMILES string of the molecule is C.C=C(OC)c1ccccc1OC.COc1ccccc1OC. The number of ether oxygens (including phenoxy) is 4. The van der Waals surface area contributed by atoms with E-state index in [2.05, 4.69) is 6.58 Å². The minimum atomic E-state index is 0. The van der Waals surface area contributed by atoms with Crippen molar-refractivity contribution in [3.63, 3.8) is 0 Å². The van der Waals surface area contributed by atoms with Crippen LogP contribution >= 0.6 is 0 Å². The molecular weight excluding hydrogens is 292 g/mol. The first-order chi connectivity index (χ1) is 10.7. The van der Waals surface area contributed by atoms with Crippen molar-refractivity contribution in [3.8, 4) is 17.2 Å². The number of hydrogen-bond donors (Lipinski definition) is 0. The summed E-state index contributed by atoms with van der Waals surface area (Å²) in [5.74, 6) is 2.94. The standard InChI is InChI=1S/C10H12O2.C8H10O2.CH4/c1-8(11-2)9-6-4-5-7-10(9)12-3;1-9-7-5-3-4-6-8(7)10-2;/h4-7H,1H2,2-3H3;3-6H,1-2H3;1H4. The molecule has 0 aliphatic rings. The van der Waals surface area contributed by atoms with E-state index in [0.29, 0.717) is 5.76 Å². The Morgan fingerprint density at radius 2 is 1.09 bits per heavy atom. The van der Waals surface area contributed by atoms with E-state index in [1.165, 1.54) is 0 Å². The number of para-hydroxylation sites is 3. The van der Waals surface area contributed by atoms with Gasteiger partial charge in [0.2, 0.25) is 0 Å². The lowest BCUT2D eigenvalue weighted by Crippen LogP contribution is -1.91. The normalized spacial score (nSPS) is 8.70. The summed E-state index contributed by atoms with van der Waals surface area (Å²) >= 11 is 0. The monoisotopic (exact) mass is 318 g/mol. The molecule has 0 saturated carbocycles. The molecule has 0 atom stereocenters.